The summed E-state index contributed by atoms with van der Waals surface area (Å²) in [7, 11) is 4.13. The predicted molar refractivity (Wildman–Crippen MR) is 87.2 cm³/mol. The number of hydrogen-bond acceptors (Lipinski definition) is 4. The molecule has 0 aliphatic carbocycles. The van der Waals surface area contributed by atoms with Gasteiger partial charge in [-0.1, -0.05) is 6.07 Å². The van der Waals surface area contributed by atoms with Gasteiger partial charge in [-0.25, -0.2) is 4.98 Å². The van der Waals surface area contributed by atoms with Gasteiger partial charge in [0.15, 0.2) is 5.11 Å². The number of pyridine rings is 1. The van der Waals surface area contributed by atoms with E-state index in [-0.39, 0.29) is 0 Å². The highest BCUT2D eigenvalue weighted by molar-refractivity contribution is 7.80. The molecule has 2 heterocycles. The molecule has 0 saturated carbocycles. The van der Waals surface area contributed by atoms with Crippen LogP contribution in [0.5, 0.6) is 0 Å². The fourth-order valence-corrected chi connectivity index (χ4v) is 2.46. The van der Waals surface area contributed by atoms with Crippen molar-refractivity contribution in [2.45, 2.75) is 0 Å². The average Bonchev–Trinajstić information content (AvgIpc) is 2.48. The van der Waals surface area contributed by atoms with E-state index >= 15 is 0 Å². The van der Waals surface area contributed by atoms with Crippen molar-refractivity contribution in [3.8, 4) is 0 Å². The first-order valence-corrected chi connectivity index (χ1v) is 7.41. The van der Waals surface area contributed by atoms with Crippen molar-refractivity contribution >= 4 is 23.1 Å². The van der Waals surface area contributed by atoms with E-state index in [0.717, 1.165) is 50.2 Å². The number of piperazine rings is 1. The molecule has 0 atom stereocenters. The van der Waals surface area contributed by atoms with Crippen LogP contribution in [0.3, 0.4) is 0 Å². The summed E-state index contributed by atoms with van der Waals surface area (Å²) in [6.07, 6.45) is 1.84. The number of thiocarbonyl (C=S) groups is 1. The summed E-state index contributed by atoms with van der Waals surface area (Å²) in [6.45, 7) is 5.72. The molecule has 110 valence electrons. The van der Waals surface area contributed by atoms with Crippen LogP contribution in [-0.4, -0.2) is 73.3 Å². The Kier molecular flexibility index (Phi) is 5.55. The van der Waals surface area contributed by atoms with Gasteiger partial charge in [0.05, 0.1) is 0 Å². The lowest BCUT2D eigenvalue weighted by Crippen LogP contribution is -2.52. The Morgan fingerprint density at radius 2 is 2.05 bits per heavy atom. The van der Waals surface area contributed by atoms with Crippen LogP contribution in [0, 0.1) is 0 Å². The molecule has 0 bridgehead atoms. The zero-order chi connectivity index (χ0) is 14.4. The molecule has 1 aromatic heterocycles. The predicted octanol–water partition coefficient (Wildman–Crippen LogP) is 0.640. The lowest BCUT2D eigenvalue weighted by atomic mass is 10.3. The Morgan fingerprint density at radius 1 is 1.30 bits per heavy atom. The van der Waals surface area contributed by atoms with Crippen LogP contribution in [0.15, 0.2) is 24.4 Å². The highest BCUT2D eigenvalue weighted by atomic mass is 32.1. The molecule has 0 aromatic carbocycles. The van der Waals surface area contributed by atoms with Gasteiger partial charge < -0.3 is 20.0 Å². The maximum atomic E-state index is 5.44. The Labute approximate surface area is 126 Å². The number of anilines is 1. The van der Waals surface area contributed by atoms with Crippen molar-refractivity contribution in [1.82, 2.24) is 20.1 Å². The standard InChI is InChI=1S/C14H23N5S/c1-17(2)8-7-16-14(20)19-11-9-18(10-12-19)13-5-3-4-6-15-13/h3-6H,7-12H2,1-2H3,(H,16,20). The van der Waals surface area contributed by atoms with Gasteiger partial charge in [-0.3, -0.25) is 0 Å². The van der Waals surface area contributed by atoms with E-state index in [0.29, 0.717) is 0 Å². The number of rotatable bonds is 4. The van der Waals surface area contributed by atoms with E-state index in [1.54, 1.807) is 0 Å². The van der Waals surface area contributed by atoms with Gasteiger partial charge in [0.1, 0.15) is 5.82 Å². The smallest absolute Gasteiger partial charge is 0.169 e. The van der Waals surface area contributed by atoms with Gasteiger partial charge in [-0.15, -0.1) is 0 Å². The highest BCUT2D eigenvalue weighted by Gasteiger charge is 2.19. The monoisotopic (exact) mass is 293 g/mol. The highest BCUT2D eigenvalue weighted by Crippen LogP contribution is 2.12. The van der Waals surface area contributed by atoms with E-state index < -0.39 is 0 Å². The summed E-state index contributed by atoms with van der Waals surface area (Å²) in [6, 6.07) is 6.04. The minimum Gasteiger partial charge on any atom is -0.361 e. The third-order valence-electron chi connectivity index (χ3n) is 3.38. The van der Waals surface area contributed by atoms with E-state index in [4.69, 9.17) is 12.2 Å². The van der Waals surface area contributed by atoms with E-state index in [9.17, 15) is 0 Å². The minimum atomic E-state index is 0.868. The molecular formula is C14H23N5S. The minimum absolute atomic E-state index is 0.868. The van der Waals surface area contributed by atoms with E-state index in [1.807, 2.05) is 18.3 Å². The maximum Gasteiger partial charge on any atom is 0.169 e. The zero-order valence-electron chi connectivity index (χ0n) is 12.2. The summed E-state index contributed by atoms with van der Waals surface area (Å²) in [4.78, 5) is 11.1. The number of likely N-dealkylation sites (N-methyl/N-ethyl adjacent to an activating group) is 1. The van der Waals surface area contributed by atoms with Crippen molar-refractivity contribution in [3.05, 3.63) is 24.4 Å². The molecule has 1 aliphatic rings. The third-order valence-corrected chi connectivity index (χ3v) is 3.78. The van der Waals surface area contributed by atoms with Gasteiger partial charge in [0.2, 0.25) is 0 Å². The summed E-state index contributed by atoms with van der Waals surface area (Å²) in [5.41, 5.74) is 0. The van der Waals surface area contributed by atoms with Gasteiger partial charge >= 0.3 is 0 Å². The van der Waals surface area contributed by atoms with Crippen LogP contribution < -0.4 is 10.2 Å². The van der Waals surface area contributed by atoms with Crippen LogP contribution in [0.1, 0.15) is 0 Å². The topological polar surface area (TPSA) is 34.6 Å². The second-order valence-corrected chi connectivity index (χ2v) is 5.58. The van der Waals surface area contributed by atoms with Crippen LogP contribution in [0.2, 0.25) is 0 Å². The van der Waals surface area contributed by atoms with Gasteiger partial charge in [-0.05, 0) is 38.4 Å². The molecule has 2 rings (SSSR count). The largest absolute Gasteiger partial charge is 0.361 e. The molecule has 6 heteroatoms. The Balaban J connectivity index is 1.75. The Morgan fingerprint density at radius 3 is 2.65 bits per heavy atom. The number of hydrogen-bond donors (Lipinski definition) is 1. The summed E-state index contributed by atoms with van der Waals surface area (Å²) in [5, 5.41) is 4.19. The Bertz CT molecular complexity index is 415. The van der Waals surface area contributed by atoms with Gasteiger partial charge in [0.25, 0.3) is 0 Å². The molecule has 0 radical (unpaired) electrons. The fourth-order valence-electron chi connectivity index (χ4n) is 2.18. The quantitative estimate of drug-likeness (QED) is 0.821. The average molecular weight is 293 g/mol. The molecule has 1 N–H and O–H groups in total. The molecule has 1 fully saturated rings. The number of nitrogens with zero attached hydrogens (tertiary/aromatic N) is 4. The van der Waals surface area contributed by atoms with E-state index in [1.165, 1.54) is 0 Å². The van der Waals surface area contributed by atoms with Gasteiger partial charge in [0, 0.05) is 45.5 Å². The van der Waals surface area contributed by atoms with Gasteiger partial charge in [-0.2, -0.15) is 0 Å². The molecule has 20 heavy (non-hydrogen) atoms. The maximum absolute atomic E-state index is 5.44. The second kappa shape index (κ2) is 7.40. The first-order valence-electron chi connectivity index (χ1n) is 7.00. The van der Waals surface area contributed by atoms with Crippen molar-refractivity contribution in [2.75, 3.05) is 58.3 Å². The first kappa shape index (κ1) is 15.0. The second-order valence-electron chi connectivity index (χ2n) is 5.20. The molecular weight excluding hydrogens is 270 g/mol. The Hall–Kier alpha value is -1.40. The number of nitrogens with one attached hydrogen (secondary N) is 1. The summed E-state index contributed by atoms with van der Waals surface area (Å²) < 4.78 is 0. The van der Waals surface area contributed by atoms with Crippen molar-refractivity contribution in [1.29, 1.82) is 0 Å². The van der Waals surface area contributed by atoms with Crippen molar-refractivity contribution < 1.29 is 0 Å². The number of aromatic nitrogens is 1. The lowest BCUT2D eigenvalue weighted by Gasteiger charge is -2.36. The first-order chi connectivity index (χ1) is 9.66. The lowest BCUT2D eigenvalue weighted by molar-refractivity contribution is 0.370. The molecule has 1 aliphatic heterocycles. The molecule has 0 amide bonds. The van der Waals surface area contributed by atoms with E-state index in [2.05, 4.69) is 45.2 Å². The van der Waals surface area contributed by atoms with Crippen LogP contribution in [0.25, 0.3) is 0 Å². The summed E-state index contributed by atoms with van der Waals surface area (Å²) in [5.74, 6) is 1.05. The molecule has 0 unspecified atom stereocenters. The third kappa shape index (κ3) is 4.31. The van der Waals surface area contributed by atoms with Crippen molar-refractivity contribution in [2.24, 2.45) is 0 Å². The SMILES string of the molecule is CN(C)CCNC(=S)N1CCN(c2ccccn2)CC1. The molecule has 1 saturated heterocycles. The normalized spacial score (nSPS) is 15.6. The fraction of sp³-hybridized carbons (Fsp3) is 0.571. The molecule has 5 nitrogen and oxygen atoms in total. The zero-order valence-corrected chi connectivity index (χ0v) is 13.1. The van der Waals surface area contributed by atoms with Crippen molar-refractivity contribution in [3.63, 3.8) is 0 Å². The summed E-state index contributed by atoms with van der Waals surface area (Å²) >= 11 is 5.44. The van der Waals surface area contributed by atoms with Crippen LogP contribution >= 0.6 is 12.2 Å². The van der Waals surface area contributed by atoms with Crippen LogP contribution in [-0.2, 0) is 0 Å². The van der Waals surface area contributed by atoms with Crippen LogP contribution in [0.4, 0.5) is 5.82 Å². The molecule has 0 spiro atoms. The molecule has 1 aromatic rings.